The van der Waals surface area contributed by atoms with Crippen molar-refractivity contribution in [1.82, 2.24) is 9.97 Å². The third kappa shape index (κ3) is 2.96. The van der Waals surface area contributed by atoms with Crippen molar-refractivity contribution in [3.05, 3.63) is 71.0 Å². The Morgan fingerprint density at radius 3 is 2.55 bits per heavy atom. The number of aryl methyl sites for hydroxylation is 2. The maximum absolute atomic E-state index is 12.2. The third-order valence-electron chi connectivity index (χ3n) is 3.40. The molecule has 4 nitrogen and oxygen atoms in total. The first-order valence-corrected chi connectivity index (χ1v) is 7.09. The number of esters is 1. The molecule has 0 aliphatic heterocycles. The van der Waals surface area contributed by atoms with E-state index >= 15 is 0 Å². The van der Waals surface area contributed by atoms with Gasteiger partial charge in [0.05, 0.1) is 16.7 Å². The average Bonchev–Trinajstić information content (AvgIpc) is 2.53. The lowest BCUT2D eigenvalue weighted by Crippen LogP contribution is -2.11. The van der Waals surface area contributed by atoms with Crippen LogP contribution in [0.3, 0.4) is 0 Å². The number of carbonyl (C=O) groups excluding carboxylic acids is 1. The summed E-state index contributed by atoms with van der Waals surface area (Å²) in [6.07, 6.45) is 0. The molecular weight excluding hydrogens is 276 g/mol. The first-order chi connectivity index (χ1) is 10.6. The monoisotopic (exact) mass is 292 g/mol. The second-order valence-corrected chi connectivity index (χ2v) is 5.21. The molecule has 0 bridgehead atoms. The van der Waals surface area contributed by atoms with Crippen LogP contribution in [0, 0.1) is 13.8 Å². The van der Waals surface area contributed by atoms with Gasteiger partial charge in [-0.15, -0.1) is 0 Å². The molecule has 0 aliphatic carbocycles. The number of benzene rings is 2. The predicted octanol–water partition coefficient (Wildman–Crippen LogP) is 3.60. The van der Waals surface area contributed by atoms with Gasteiger partial charge in [-0.1, -0.05) is 36.4 Å². The van der Waals surface area contributed by atoms with Gasteiger partial charge in [0.25, 0.3) is 0 Å². The molecule has 0 N–H and O–H groups in total. The van der Waals surface area contributed by atoms with E-state index in [0.717, 1.165) is 16.6 Å². The van der Waals surface area contributed by atoms with Crippen LogP contribution in [0.4, 0.5) is 0 Å². The number of nitrogens with zero attached hydrogens (tertiary/aromatic N) is 2. The first kappa shape index (κ1) is 14.2. The molecule has 4 heteroatoms. The van der Waals surface area contributed by atoms with Crippen molar-refractivity contribution in [3.63, 3.8) is 0 Å². The summed E-state index contributed by atoms with van der Waals surface area (Å²) in [6.45, 7) is 3.98. The lowest BCUT2D eigenvalue weighted by atomic mass is 10.2. The van der Waals surface area contributed by atoms with Crippen molar-refractivity contribution in [3.8, 4) is 0 Å². The van der Waals surface area contributed by atoms with E-state index in [2.05, 4.69) is 9.97 Å². The minimum atomic E-state index is -0.447. The van der Waals surface area contributed by atoms with E-state index in [1.165, 1.54) is 0 Å². The van der Waals surface area contributed by atoms with Crippen molar-refractivity contribution in [2.24, 2.45) is 0 Å². The van der Waals surface area contributed by atoms with Crippen LogP contribution < -0.4 is 0 Å². The average molecular weight is 292 g/mol. The molecule has 3 rings (SSSR count). The summed E-state index contributed by atoms with van der Waals surface area (Å²) < 4.78 is 5.33. The molecule has 1 heterocycles. The smallest absolute Gasteiger partial charge is 0.359 e. The molecule has 0 spiro atoms. The number of rotatable bonds is 3. The lowest BCUT2D eigenvalue weighted by molar-refractivity contribution is 0.0464. The molecule has 0 fully saturated rings. The summed E-state index contributed by atoms with van der Waals surface area (Å²) in [4.78, 5) is 21.1. The number of ether oxygens (including phenoxy) is 1. The second kappa shape index (κ2) is 5.93. The van der Waals surface area contributed by atoms with Crippen LogP contribution in [0.1, 0.15) is 27.3 Å². The van der Waals surface area contributed by atoms with Gasteiger partial charge in [-0.25, -0.2) is 14.8 Å². The van der Waals surface area contributed by atoms with Crippen molar-refractivity contribution < 1.29 is 9.53 Å². The molecule has 0 saturated carbocycles. The summed E-state index contributed by atoms with van der Waals surface area (Å²) in [7, 11) is 0. The standard InChI is InChI=1S/C18H16N2O2/c1-12-8-9-15-16(10-12)20-17(13(2)19-15)18(21)22-11-14-6-4-3-5-7-14/h3-10H,11H2,1-2H3. The van der Waals surface area contributed by atoms with Crippen LogP contribution in [0.15, 0.2) is 48.5 Å². The van der Waals surface area contributed by atoms with Gasteiger partial charge in [0.1, 0.15) is 6.61 Å². The lowest BCUT2D eigenvalue weighted by Gasteiger charge is -2.08. The normalized spacial score (nSPS) is 10.6. The highest BCUT2D eigenvalue weighted by Crippen LogP contribution is 2.15. The van der Waals surface area contributed by atoms with Gasteiger partial charge in [0.15, 0.2) is 5.69 Å². The number of hydrogen-bond donors (Lipinski definition) is 0. The quantitative estimate of drug-likeness (QED) is 0.692. The number of carbonyl (C=O) groups is 1. The van der Waals surface area contributed by atoms with Crippen LogP contribution in [-0.4, -0.2) is 15.9 Å². The summed E-state index contributed by atoms with van der Waals surface area (Å²) in [6, 6.07) is 15.4. The Morgan fingerprint density at radius 2 is 1.77 bits per heavy atom. The van der Waals surface area contributed by atoms with Crippen LogP contribution in [0.2, 0.25) is 0 Å². The summed E-state index contributed by atoms with van der Waals surface area (Å²) in [5.41, 5.74) is 4.36. The number of hydrogen-bond acceptors (Lipinski definition) is 4. The maximum Gasteiger partial charge on any atom is 0.359 e. The van der Waals surface area contributed by atoms with Crippen LogP contribution in [0.25, 0.3) is 11.0 Å². The van der Waals surface area contributed by atoms with Crippen molar-refractivity contribution in [2.75, 3.05) is 0 Å². The number of fused-ring (bicyclic) bond motifs is 1. The van der Waals surface area contributed by atoms with Gasteiger partial charge in [-0.05, 0) is 37.1 Å². The van der Waals surface area contributed by atoms with E-state index < -0.39 is 5.97 Å². The zero-order valence-corrected chi connectivity index (χ0v) is 12.5. The van der Waals surface area contributed by atoms with E-state index in [4.69, 9.17) is 4.74 Å². The maximum atomic E-state index is 12.2. The van der Waals surface area contributed by atoms with Gasteiger partial charge >= 0.3 is 5.97 Å². The molecule has 3 aromatic rings. The molecule has 0 saturated heterocycles. The highest BCUT2D eigenvalue weighted by Gasteiger charge is 2.15. The summed E-state index contributed by atoms with van der Waals surface area (Å²) in [5, 5.41) is 0. The summed E-state index contributed by atoms with van der Waals surface area (Å²) in [5.74, 6) is -0.447. The molecular formula is C18H16N2O2. The minimum Gasteiger partial charge on any atom is -0.456 e. The predicted molar refractivity (Wildman–Crippen MR) is 84.6 cm³/mol. The zero-order chi connectivity index (χ0) is 15.5. The Hall–Kier alpha value is -2.75. The van der Waals surface area contributed by atoms with Crippen LogP contribution >= 0.6 is 0 Å². The Morgan fingerprint density at radius 1 is 1.00 bits per heavy atom. The fourth-order valence-corrected chi connectivity index (χ4v) is 2.24. The molecule has 110 valence electrons. The Kier molecular flexibility index (Phi) is 3.83. The second-order valence-electron chi connectivity index (χ2n) is 5.21. The molecule has 22 heavy (non-hydrogen) atoms. The molecule has 0 atom stereocenters. The van der Waals surface area contributed by atoms with Gasteiger partial charge in [0.2, 0.25) is 0 Å². The largest absolute Gasteiger partial charge is 0.456 e. The molecule has 2 aromatic carbocycles. The first-order valence-electron chi connectivity index (χ1n) is 7.09. The van der Waals surface area contributed by atoms with Gasteiger partial charge < -0.3 is 4.74 Å². The Balaban J connectivity index is 1.85. The molecule has 0 radical (unpaired) electrons. The van der Waals surface area contributed by atoms with Crippen molar-refractivity contribution >= 4 is 17.0 Å². The zero-order valence-electron chi connectivity index (χ0n) is 12.5. The van der Waals surface area contributed by atoms with E-state index in [-0.39, 0.29) is 12.3 Å². The molecule has 1 aromatic heterocycles. The number of aromatic nitrogens is 2. The van der Waals surface area contributed by atoms with E-state index in [0.29, 0.717) is 11.2 Å². The third-order valence-corrected chi connectivity index (χ3v) is 3.40. The molecule has 0 amide bonds. The highest BCUT2D eigenvalue weighted by molar-refractivity contribution is 5.91. The fourth-order valence-electron chi connectivity index (χ4n) is 2.24. The van der Waals surface area contributed by atoms with Crippen molar-refractivity contribution in [2.45, 2.75) is 20.5 Å². The molecule has 0 aliphatic rings. The Bertz CT molecular complexity index is 829. The van der Waals surface area contributed by atoms with Gasteiger partial charge in [0, 0.05) is 0 Å². The van der Waals surface area contributed by atoms with E-state index in [1.54, 1.807) is 6.92 Å². The SMILES string of the molecule is Cc1ccc2nc(C)c(C(=O)OCc3ccccc3)nc2c1. The van der Waals surface area contributed by atoms with E-state index in [9.17, 15) is 4.79 Å². The van der Waals surface area contributed by atoms with Crippen LogP contribution in [0.5, 0.6) is 0 Å². The topological polar surface area (TPSA) is 52.1 Å². The highest BCUT2D eigenvalue weighted by atomic mass is 16.5. The fraction of sp³-hybridized carbons (Fsp3) is 0.167. The summed E-state index contributed by atoms with van der Waals surface area (Å²) >= 11 is 0. The van der Waals surface area contributed by atoms with Gasteiger partial charge in [-0.3, -0.25) is 0 Å². The van der Waals surface area contributed by atoms with Crippen LogP contribution in [-0.2, 0) is 11.3 Å². The van der Waals surface area contributed by atoms with E-state index in [1.807, 2.05) is 55.5 Å². The molecule has 0 unspecified atom stereocenters. The van der Waals surface area contributed by atoms with Crippen molar-refractivity contribution in [1.29, 1.82) is 0 Å². The minimum absolute atomic E-state index is 0.229. The Labute approximate surface area is 128 Å². The van der Waals surface area contributed by atoms with Gasteiger partial charge in [-0.2, -0.15) is 0 Å².